The molecule has 0 aliphatic heterocycles. The van der Waals surface area contributed by atoms with Crippen LogP contribution in [0.3, 0.4) is 0 Å². The van der Waals surface area contributed by atoms with Crippen LogP contribution in [0.4, 0.5) is 5.69 Å². The van der Waals surface area contributed by atoms with E-state index in [-0.39, 0.29) is 4.90 Å². The van der Waals surface area contributed by atoms with Crippen molar-refractivity contribution in [2.24, 2.45) is 5.73 Å². The molecule has 7 nitrogen and oxygen atoms in total. The van der Waals surface area contributed by atoms with E-state index in [9.17, 15) is 13.2 Å². The van der Waals surface area contributed by atoms with Crippen LogP contribution in [0.5, 0.6) is 0 Å². The molecule has 0 spiro atoms. The first-order chi connectivity index (χ1) is 14.3. The summed E-state index contributed by atoms with van der Waals surface area (Å²) < 4.78 is 27.1. The van der Waals surface area contributed by atoms with Gasteiger partial charge >= 0.3 is 0 Å². The van der Waals surface area contributed by atoms with Gasteiger partial charge in [0.15, 0.2) is 0 Å². The van der Waals surface area contributed by atoms with Crippen LogP contribution < -0.4 is 10.0 Å². The van der Waals surface area contributed by atoms with Crippen LogP contribution in [0.25, 0.3) is 22.4 Å². The summed E-state index contributed by atoms with van der Waals surface area (Å²) >= 11 is 5.88. The minimum Gasteiger partial charge on any atom is -0.366 e. The van der Waals surface area contributed by atoms with Gasteiger partial charge in [-0.25, -0.2) is 13.4 Å². The van der Waals surface area contributed by atoms with Gasteiger partial charge in [-0.15, -0.1) is 0 Å². The van der Waals surface area contributed by atoms with E-state index in [1.165, 1.54) is 23.5 Å². The second-order valence-corrected chi connectivity index (χ2v) is 9.06. The molecule has 4 rings (SSSR count). The average molecular weight is 441 g/mol. The molecule has 0 fully saturated rings. The number of nitrogens with zero attached hydrogens (tertiary/aromatic N) is 2. The predicted octanol–water partition coefficient (Wildman–Crippen LogP) is 3.81. The summed E-state index contributed by atoms with van der Waals surface area (Å²) in [5, 5.41) is 0.530. The highest BCUT2D eigenvalue weighted by atomic mass is 35.5. The summed E-state index contributed by atoms with van der Waals surface area (Å²) in [7, 11) is -2.25. The number of primary amides is 1. The number of H-pyrrole nitrogens is 1. The lowest BCUT2D eigenvalue weighted by atomic mass is 10.2. The summed E-state index contributed by atoms with van der Waals surface area (Å²) in [4.78, 5) is 19.1. The number of imidazole rings is 1. The number of hydrogen-bond donors (Lipinski definition) is 2. The molecule has 0 aliphatic carbocycles. The molecule has 1 aromatic heterocycles. The van der Waals surface area contributed by atoms with Crippen LogP contribution >= 0.6 is 11.6 Å². The minimum absolute atomic E-state index is 0.149. The molecule has 30 heavy (non-hydrogen) atoms. The van der Waals surface area contributed by atoms with Gasteiger partial charge < -0.3 is 10.7 Å². The predicted molar refractivity (Wildman–Crippen MR) is 117 cm³/mol. The number of carbonyl (C=O) groups excluding carboxylic acids is 1. The monoisotopic (exact) mass is 440 g/mol. The van der Waals surface area contributed by atoms with Crippen molar-refractivity contribution in [3.05, 3.63) is 77.3 Å². The Morgan fingerprint density at radius 2 is 1.70 bits per heavy atom. The molecule has 0 atom stereocenters. The maximum absolute atomic E-state index is 12.9. The molecule has 1 amide bonds. The number of amides is 1. The molecule has 9 heteroatoms. The fourth-order valence-electron chi connectivity index (χ4n) is 3.03. The smallest absolute Gasteiger partial charge is 0.264 e. The molecule has 3 N–H and O–H groups in total. The quantitative estimate of drug-likeness (QED) is 0.491. The number of nitrogens with one attached hydrogen (secondary N) is 1. The number of fused-ring (bicyclic) bond motifs is 1. The van der Waals surface area contributed by atoms with Crippen LogP contribution in [0.1, 0.15) is 10.4 Å². The molecular formula is C21H17ClN4O3S. The maximum atomic E-state index is 12.9. The van der Waals surface area contributed by atoms with Crippen LogP contribution in [-0.2, 0) is 10.0 Å². The number of rotatable bonds is 5. The third kappa shape index (κ3) is 3.62. The Hall–Kier alpha value is -3.36. The van der Waals surface area contributed by atoms with E-state index >= 15 is 0 Å². The van der Waals surface area contributed by atoms with Crippen molar-refractivity contribution in [1.82, 2.24) is 9.97 Å². The van der Waals surface area contributed by atoms with E-state index < -0.39 is 15.9 Å². The first kappa shape index (κ1) is 19.9. The van der Waals surface area contributed by atoms with Gasteiger partial charge in [0, 0.05) is 23.2 Å². The Bertz CT molecular complexity index is 1350. The number of sulfonamides is 1. The molecule has 0 aliphatic rings. The zero-order chi connectivity index (χ0) is 21.5. The number of benzene rings is 3. The van der Waals surface area contributed by atoms with Gasteiger partial charge in [0.2, 0.25) is 5.91 Å². The lowest BCUT2D eigenvalue weighted by Gasteiger charge is -2.19. The molecule has 1 heterocycles. The third-order valence-electron chi connectivity index (χ3n) is 4.74. The van der Waals surface area contributed by atoms with Crippen molar-refractivity contribution in [2.45, 2.75) is 4.90 Å². The second-order valence-electron chi connectivity index (χ2n) is 6.65. The van der Waals surface area contributed by atoms with E-state index in [1.807, 2.05) is 0 Å². The number of aromatic amines is 1. The number of aromatic nitrogens is 2. The van der Waals surface area contributed by atoms with E-state index in [2.05, 4.69) is 9.97 Å². The van der Waals surface area contributed by atoms with Crippen LogP contribution in [0.2, 0.25) is 5.02 Å². The molecule has 0 bridgehead atoms. The largest absolute Gasteiger partial charge is 0.366 e. The fraction of sp³-hybridized carbons (Fsp3) is 0.0476. The highest BCUT2D eigenvalue weighted by molar-refractivity contribution is 7.92. The SMILES string of the molecule is CN(c1ccc(Cl)cc1)S(=O)(=O)c1ccc(-c2nc3cc(C(N)=O)ccc3[nH]2)cc1. The second kappa shape index (κ2) is 7.47. The summed E-state index contributed by atoms with van der Waals surface area (Å²) in [6.07, 6.45) is 0. The number of anilines is 1. The van der Waals surface area contributed by atoms with E-state index in [1.54, 1.807) is 54.6 Å². The summed E-state index contributed by atoms with van der Waals surface area (Å²) in [6, 6.07) is 17.9. The molecule has 0 radical (unpaired) electrons. The molecule has 4 aromatic rings. The Balaban J connectivity index is 1.64. The highest BCUT2D eigenvalue weighted by Crippen LogP contribution is 2.26. The summed E-state index contributed by atoms with van der Waals surface area (Å²) in [5.41, 5.74) is 8.23. The summed E-state index contributed by atoms with van der Waals surface area (Å²) in [6.45, 7) is 0. The van der Waals surface area contributed by atoms with Crippen molar-refractivity contribution in [1.29, 1.82) is 0 Å². The number of carbonyl (C=O) groups is 1. The molecule has 0 saturated carbocycles. The van der Waals surface area contributed by atoms with E-state index in [4.69, 9.17) is 17.3 Å². The Kier molecular flexibility index (Phi) is 4.97. The zero-order valence-electron chi connectivity index (χ0n) is 15.8. The van der Waals surface area contributed by atoms with Crippen molar-refractivity contribution < 1.29 is 13.2 Å². The lowest BCUT2D eigenvalue weighted by Crippen LogP contribution is -2.26. The normalized spacial score (nSPS) is 11.5. The van der Waals surface area contributed by atoms with Gasteiger partial charge in [-0.05, 0) is 66.7 Å². The van der Waals surface area contributed by atoms with Crippen molar-refractivity contribution in [3.63, 3.8) is 0 Å². The first-order valence-electron chi connectivity index (χ1n) is 8.90. The van der Waals surface area contributed by atoms with Gasteiger partial charge in [-0.3, -0.25) is 9.10 Å². The maximum Gasteiger partial charge on any atom is 0.264 e. The highest BCUT2D eigenvalue weighted by Gasteiger charge is 2.21. The molecule has 152 valence electrons. The van der Waals surface area contributed by atoms with E-state index in [0.717, 1.165) is 5.52 Å². The van der Waals surface area contributed by atoms with Gasteiger partial charge in [0.25, 0.3) is 10.0 Å². The molecule has 0 saturated heterocycles. The average Bonchev–Trinajstić information content (AvgIpc) is 3.17. The summed E-state index contributed by atoms with van der Waals surface area (Å²) in [5.74, 6) is 0.0300. The number of hydrogen-bond acceptors (Lipinski definition) is 4. The molecule has 3 aromatic carbocycles. The third-order valence-corrected chi connectivity index (χ3v) is 6.80. The zero-order valence-corrected chi connectivity index (χ0v) is 17.4. The molecular weight excluding hydrogens is 424 g/mol. The van der Waals surface area contributed by atoms with Crippen molar-refractivity contribution >= 4 is 44.3 Å². The molecule has 0 unspecified atom stereocenters. The van der Waals surface area contributed by atoms with Gasteiger partial charge in [-0.1, -0.05) is 11.6 Å². The van der Waals surface area contributed by atoms with Gasteiger partial charge in [0.1, 0.15) is 5.82 Å². The lowest BCUT2D eigenvalue weighted by molar-refractivity contribution is 0.100. The van der Waals surface area contributed by atoms with Crippen molar-refractivity contribution in [3.8, 4) is 11.4 Å². The van der Waals surface area contributed by atoms with Gasteiger partial charge in [0.05, 0.1) is 21.6 Å². The first-order valence-corrected chi connectivity index (χ1v) is 10.7. The van der Waals surface area contributed by atoms with E-state index in [0.29, 0.717) is 33.2 Å². The van der Waals surface area contributed by atoms with Crippen molar-refractivity contribution in [2.75, 3.05) is 11.4 Å². The number of halogens is 1. The minimum atomic E-state index is -3.74. The standard InChI is InChI=1S/C21H17ClN4O3S/c1-26(16-7-5-15(22)6-8-16)30(28,29)17-9-2-13(3-10-17)21-24-18-11-4-14(20(23)27)12-19(18)25-21/h2-12H,1H3,(H2,23,27)(H,24,25). The van der Waals surface area contributed by atoms with Crippen LogP contribution in [0.15, 0.2) is 71.6 Å². The Morgan fingerprint density at radius 1 is 1.03 bits per heavy atom. The van der Waals surface area contributed by atoms with Crippen LogP contribution in [0, 0.1) is 0 Å². The number of nitrogens with two attached hydrogens (primary N) is 1. The van der Waals surface area contributed by atoms with Crippen LogP contribution in [-0.4, -0.2) is 31.3 Å². The Morgan fingerprint density at radius 3 is 2.33 bits per heavy atom. The Labute approximate surface area is 178 Å². The van der Waals surface area contributed by atoms with Gasteiger partial charge in [-0.2, -0.15) is 0 Å². The fourth-order valence-corrected chi connectivity index (χ4v) is 4.35. The topological polar surface area (TPSA) is 109 Å².